The molecule has 0 aliphatic carbocycles. The Morgan fingerprint density at radius 2 is 1.57 bits per heavy atom. The summed E-state index contributed by atoms with van der Waals surface area (Å²) >= 11 is 0. The number of aromatic nitrogens is 1. The number of hydrogen-bond acceptors (Lipinski definition) is 4. The molecular formula is C16H17NO4. The van der Waals surface area contributed by atoms with Gasteiger partial charge in [0.15, 0.2) is 0 Å². The second kappa shape index (κ2) is 6.26. The lowest BCUT2D eigenvalue weighted by atomic mass is 10.0. The predicted molar refractivity (Wildman–Crippen MR) is 77.5 cm³/mol. The fourth-order valence-corrected chi connectivity index (χ4v) is 2.31. The Morgan fingerprint density at radius 3 is 2.14 bits per heavy atom. The number of aryl methyl sites for hydroxylation is 1. The molecule has 0 atom stereocenters. The third-order valence-corrected chi connectivity index (χ3v) is 3.27. The van der Waals surface area contributed by atoms with Gasteiger partial charge in [-0.2, -0.15) is 0 Å². The standard InChI is InChI=1S/C16H17NO4/c1-10-13(15(18)20-2)14(16(19)21-3)12(17-10)9-11-7-5-4-6-8-11/h4-8,17H,9H2,1-3H3. The van der Waals surface area contributed by atoms with Crippen molar-refractivity contribution in [2.24, 2.45) is 0 Å². The first kappa shape index (κ1) is 14.8. The summed E-state index contributed by atoms with van der Waals surface area (Å²) in [6.07, 6.45) is 0.503. The molecule has 5 heteroatoms. The number of ether oxygens (including phenoxy) is 2. The van der Waals surface area contributed by atoms with Gasteiger partial charge in [0.1, 0.15) is 0 Å². The summed E-state index contributed by atoms with van der Waals surface area (Å²) in [5.41, 5.74) is 2.74. The normalized spacial score (nSPS) is 10.2. The maximum absolute atomic E-state index is 12.0. The van der Waals surface area contributed by atoms with Crippen molar-refractivity contribution in [1.29, 1.82) is 0 Å². The molecule has 21 heavy (non-hydrogen) atoms. The molecule has 2 rings (SSSR count). The van der Waals surface area contributed by atoms with E-state index in [0.29, 0.717) is 17.8 Å². The molecule has 110 valence electrons. The summed E-state index contributed by atoms with van der Waals surface area (Å²) in [4.78, 5) is 27.0. The molecule has 0 aliphatic rings. The van der Waals surface area contributed by atoms with Gasteiger partial charge in [0.05, 0.1) is 25.3 Å². The first-order chi connectivity index (χ1) is 10.1. The van der Waals surface area contributed by atoms with Crippen molar-refractivity contribution in [3.05, 3.63) is 58.4 Å². The summed E-state index contributed by atoms with van der Waals surface area (Å²) in [7, 11) is 2.57. The zero-order valence-corrected chi connectivity index (χ0v) is 12.2. The molecule has 0 unspecified atom stereocenters. The molecule has 0 saturated heterocycles. The maximum Gasteiger partial charge on any atom is 0.340 e. The second-order valence-corrected chi connectivity index (χ2v) is 4.62. The first-order valence-corrected chi connectivity index (χ1v) is 6.50. The number of esters is 2. The van der Waals surface area contributed by atoms with Crippen molar-refractivity contribution >= 4 is 11.9 Å². The van der Waals surface area contributed by atoms with Gasteiger partial charge in [-0.1, -0.05) is 30.3 Å². The average Bonchev–Trinajstić information content (AvgIpc) is 2.82. The number of methoxy groups -OCH3 is 2. The Morgan fingerprint density at radius 1 is 1.00 bits per heavy atom. The summed E-state index contributed by atoms with van der Waals surface area (Å²) in [6, 6.07) is 9.67. The van der Waals surface area contributed by atoms with Crippen molar-refractivity contribution in [3.63, 3.8) is 0 Å². The molecule has 5 nitrogen and oxygen atoms in total. The highest BCUT2D eigenvalue weighted by Gasteiger charge is 2.27. The monoisotopic (exact) mass is 287 g/mol. The SMILES string of the molecule is COC(=O)c1c(C)[nH]c(Cc2ccccc2)c1C(=O)OC. The zero-order chi connectivity index (χ0) is 15.4. The van der Waals surface area contributed by atoms with Crippen LogP contribution in [0.4, 0.5) is 0 Å². The molecule has 0 saturated carbocycles. The Labute approximate surface area is 122 Å². The van der Waals surface area contributed by atoms with Crippen molar-refractivity contribution < 1.29 is 19.1 Å². The van der Waals surface area contributed by atoms with Crippen LogP contribution in [0.15, 0.2) is 30.3 Å². The molecular weight excluding hydrogens is 270 g/mol. The van der Waals surface area contributed by atoms with Gasteiger partial charge in [0.2, 0.25) is 0 Å². The van der Waals surface area contributed by atoms with E-state index in [1.54, 1.807) is 6.92 Å². The largest absolute Gasteiger partial charge is 0.465 e. The molecule has 0 fully saturated rings. The molecule has 0 amide bonds. The van der Waals surface area contributed by atoms with E-state index in [-0.39, 0.29) is 11.1 Å². The molecule has 1 heterocycles. The minimum absolute atomic E-state index is 0.232. The number of H-pyrrole nitrogens is 1. The fraction of sp³-hybridized carbons (Fsp3) is 0.250. The van der Waals surface area contributed by atoms with E-state index in [0.717, 1.165) is 5.56 Å². The smallest absolute Gasteiger partial charge is 0.340 e. The number of hydrogen-bond donors (Lipinski definition) is 1. The summed E-state index contributed by atoms with van der Waals surface area (Å²) in [5.74, 6) is -1.10. The van der Waals surface area contributed by atoms with Gasteiger partial charge in [-0.3, -0.25) is 0 Å². The van der Waals surface area contributed by atoms with E-state index in [4.69, 9.17) is 9.47 Å². The van der Waals surface area contributed by atoms with E-state index >= 15 is 0 Å². The topological polar surface area (TPSA) is 68.4 Å². The van der Waals surface area contributed by atoms with Gasteiger partial charge in [0, 0.05) is 17.8 Å². The van der Waals surface area contributed by atoms with E-state index in [9.17, 15) is 9.59 Å². The van der Waals surface area contributed by atoms with E-state index < -0.39 is 11.9 Å². The lowest BCUT2D eigenvalue weighted by Gasteiger charge is -2.05. The number of nitrogens with one attached hydrogen (secondary N) is 1. The molecule has 2 aromatic rings. The van der Waals surface area contributed by atoms with Crippen LogP contribution in [-0.2, 0) is 15.9 Å². The highest BCUT2D eigenvalue weighted by atomic mass is 16.5. The first-order valence-electron chi connectivity index (χ1n) is 6.50. The van der Waals surface area contributed by atoms with Gasteiger partial charge in [-0.25, -0.2) is 9.59 Å². The molecule has 0 aliphatic heterocycles. The van der Waals surface area contributed by atoms with Gasteiger partial charge >= 0.3 is 11.9 Å². The minimum atomic E-state index is -0.552. The molecule has 1 N–H and O–H groups in total. The average molecular weight is 287 g/mol. The Balaban J connectivity index is 2.50. The number of rotatable bonds is 4. The van der Waals surface area contributed by atoms with Crippen LogP contribution in [0, 0.1) is 6.92 Å². The summed E-state index contributed by atoms with van der Waals surface area (Å²) < 4.78 is 9.55. The predicted octanol–water partition coefficient (Wildman–Crippen LogP) is 2.49. The number of carbonyl (C=O) groups is 2. The van der Waals surface area contributed by atoms with E-state index in [1.165, 1.54) is 14.2 Å². The van der Waals surface area contributed by atoms with Crippen LogP contribution in [0.5, 0.6) is 0 Å². The van der Waals surface area contributed by atoms with Gasteiger partial charge in [0.25, 0.3) is 0 Å². The molecule has 1 aromatic carbocycles. The summed E-state index contributed by atoms with van der Waals surface area (Å²) in [6.45, 7) is 1.73. The lowest BCUT2D eigenvalue weighted by Crippen LogP contribution is -2.12. The van der Waals surface area contributed by atoms with Crippen LogP contribution < -0.4 is 0 Å². The second-order valence-electron chi connectivity index (χ2n) is 4.62. The van der Waals surface area contributed by atoms with Crippen molar-refractivity contribution in [2.45, 2.75) is 13.3 Å². The maximum atomic E-state index is 12.0. The molecule has 1 aromatic heterocycles. The van der Waals surface area contributed by atoms with Crippen molar-refractivity contribution in [2.75, 3.05) is 14.2 Å². The van der Waals surface area contributed by atoms with Crippen molar-refractivity contribution in [1.82, 2.24) is 4.98 Å². The Bertz CT molecular complexity index is 658. The third kappa shape index (κ3) is 2.97. The molecule has 0 spiro atoms. The zero-order valence-electron chi connectivity index (χ0n) is 12.2. The van der Waals surface area contributed by atoms with Crippen LogP contribution in [0.3, 0.4) is 0 Å². The van der Waals surface area contributed by atoms with Crippen molar-refractivity contribution in [3.8, 4) is 0 Å². The summed E-state index contributed by atoms with van der Waals surface area (Å²) in [5, 5.41) is 0. The van der Waals surface area contributed by atoms with Gasteiger partial charge in [-0.05, 0) is 12.5 Å². The van der Waals surface area contributed by atoms with Crippen LogP contribution in [0.25, 0.3) is 0 Å². The Kier molecular flexibility index (Phi) is 4.42. The highest BCUT2D eigenvalue weighted by molar-refractivity contribution is 6.05. The quantitative estimate of drug-likeness (QED) is 0.877. The number of benzene rings is 1. The van der Waals surface area contributed by atoms with E-state index in [2.05, 4.69) is 4.98 Å². The minimum Gasteiger partial charge on any atom is -0.465 e. The van der Waals surface area contributed by atoms with Crippen LogP contribution >= 0.6 is 0 Å². The lowest BCUT2D eigenvalue weighted by molar-refractivity contribution is 0.0555. The van der Waals surface area contributed by atoms with E-state index in [1.807, 2.05) is 30.3 Å². The highest BCUT2D eigenvalue weighted by Crippen LogP contribution is 2.23. The van der Waals surface area contributed by atoms with Crippen LogP contribution in [0.1, 0.15) is 37.7 Å². The van der Waals surface area contributed by atoms with Crippen LogP contribution in [-0.4, -0.2) is 31.1 Å². The number of carbonyl (C=O) groups excluding carboxylic acids is 2. The van der Waals surface area contributed by atoms with Crippen LogP contribution in [0.2, 0.25) is 0 Å². The Hall–Kier alpha value is -2.56. The molecule has 0 radical (unpaired) electrons. The third-order valence-electron chi connectivity index (χ3n) is 3.27. The molecule has 0 bridgehead atoms. The van der Waals surface area contributed by atoms with Gasteiger partial charge in [-0.15, -0.1) is 0 Å². The van der Waals surface area contributed by atoms with Gasteiger partial charge < -0.3 is 14.5 Å². The number of aromatic amines is 1. The fourth-order valence-electron chi connectivity index (χ4n) is 2.31.